The van der Waals surface area contributed by atoms with Gasteiger partial charge in [0.1, 0.15) is 10.7 Å². The molecule has 0 radical (unpaired) electrons. The Morgan fingerprint density at radius 3 is 2.54 bits per heavy atom. The fourth-order valence-corrected chi connectivity index (χ4v) is 3.65. The molecular formula is C15H19N7O5S. The lowest BCUT2D eigenvalue weighted by molar-refractivity contribution is 0.0522. The van der Waals surface area contributed by atoms with Crippen LogP contribution < -0.4 is 20.6 Å². The number of esters is 1. The molecular weight excluding hydrogens is 390 g/mol. The predicted octanol–water partition coefficient (Wildman–Crippen LogP) is -0.251. The molecule has 2 aromatic rings. The van der Waals surface area contributed by atoms with Crippen molar-refractivity contribution in [2.45, 2.75) is 18.7 Å². The van der Waals surface area contributed by atoms with Crippen LogP contribution in [-0.4, -0.2) is 49.0 Å². The number of carbonyl (C=O) groups excluding carboxylic acids is 1. The number of aryl methyl sites for hydroxylation is 1. The van der Waals surface area contributed by atoms with Crippen molar-refractivity contribution < 1.29 is 22.7 Å². The summed E-state index contributed by atoms with van der Waals surface area (Å²) in [4.78, 5) is 23.6. The lowest BCUT2D eigenvalue weighted by atomic mass is 10.2. The second kappa shape index (κ2) is 8.47. The number of ether oxygens (including phenoxy) is 2. The molecule has 1 heterocycles. The first-order valence-corrected chi connectivity index (χ1v) is 9.31. The monoisotopic (exact) mass is 409 g/mol. The van der Waals surface area contributed by atoms with Crippen molar-refractivity contribution in [2.24, 2.45) is 16.7 Å². The maximum absolute atomic E-state index is 13.3. The predicted molar refractivity (Wildman–Crippen MR) is 99.0 cm³/mol. The summed E-state index contributed by atoms with van der Waals surface area (Å²) in [5, 5.41) is 3.24. The zero-order valence-electron chi connectivity index (χ0n) is 15.4. The number of sulfonamides is 1. The number of nitrogens with two attached hydrogens (primary N) is 2. The Balaban J connectivity index is 2.72. The van der Waals surface area contributed by atoms with Crippen molar-refractivity contribution >= 4 is 27.9 Å². The van der Waals surface area contributed by atoms with E-state index in [0.717, 1.165) is 0 Å². The molecule has 0 amide bonds. The van der Waals surface area contributed by atoms with Gasteiger partial charge in [-0.3, -0.25) is 0 Å². The molecule has 2 rings (SSSR count). The molecule has 150 valence electrons. The second-order valence-electron chi connectivity index (χ2n) is 5.14. The molecule has 0 aliphatic rings. The number of hydrogen-bond donors (Lipinski definition) is 2. The van der Waals surface area contributed by atoms with Gasteiger partial charge in [-0.1, -0.05) is 12.1 Å². The van der Waals surface area contributed by atoms with Crippen LogP contribution in [0.4, 0.5) is 5.95 Å². The minimum Gasteiger partial charge on any atom is -0.467 e. The first-order chi connectivity index (χ1) is 13.3. The van der Waals surface area contributed by atoms with Crippen molar-refractivity contribution in [3.05, 3.63) is 35.7 Å². The van der Waals surface area contributed by atoms with Crippen molar-refractivity contribution in [3.8, 4) is 6.01 Å². The van der Waals surface area contributed by atoms with E-state index in [2.05, 4.69) is 20.1 Å². The smallest absolute Gasteiger partial charge is 0.339 e. The largest absolute Gasteiger partial charge is 0.467 e. The van der Waals surface area contributed by atoms with Crippen LogP contribution in [0.1, 0.15) is 23.1 Å². The molecule has 0 saturated heterocycles. The van der Waals surface area contributed by atoms with Gasteiger partial charge in [-0.25, -0.2) is 13.2 Å². The van der Waals surface area contributed by atoms with Gasteiger partial charge in [0.2, 0.25) is 5.96 Å². The standard InChI is InChI=1S/C15H19N7O5S/c1-4-27-12(23)10-7-5-6-8-11(10)28(24,25)22(13(16)21-17)14-18-9(2)19-15(20-14)26-3/h5-8H,4,17H2,1-3H3,(H2,16,21). The molecule has 0 atom stereocenters. The van der Waals surface area contributed by atoms with E-state index < -0.39 is 32.8 Å². The molecule has 13 heteroatoms. The van der Waals surface area contributed by atoms with Crippen molar-refractivity contribution in [2.75, 3.05) is 18.0 Å². The van der Waals surface area contributed by atoms with E-state index in [-0.39, 0.29) is 24.0 Å². The van der Waals surface area contributed by atoms with Crippen molar-refractivity contribution in [1.82, 2.24) is 15.0 Å². The number of anilines is 1. The summed E-state index contributed by atoms with van der Waals surface area (Å²) >= 11 is 0. The molecule has 1 aromatic heterocycles. The van der Waals surface area contributed by atoms with Crippen LogP contribution in [0.25, 0.3) is 0 Å². The van der Waals surface area contributed by atoms with Crippen LogP contribution in [0.3, 0.4) is 0 Å². The van der Waals surface area contributed by atoms with Gasteiger partial charge in [0.05, 0.1) is 19.3 Å². The first kappa shape index (κ1) is 20.8. The van der Waals surface area contributed by atoms with Gasteiger partial charge in [0.15, 0.2) is 0 Å². The first-order valence-electron chi connectivity index (χ1n) is 7.87. The Morgan fingerprint density at radius 2 is 1.93 bits per heavy atom. The van der Waals surface area contributed by atoms with Crippen LogP contribution >= 0.6 is 0 Å². The third-order valence-electron chi connectivity index (χ3n) is 3.32. The molecule has 0 aliphatic heterocycles. The Kier molecular flexibility index (Phi) is 6.30. The molecule has 28 heavy (non-hydrogen) atoms. The number of aromatic nitrogens is 3. The molecule has 1 aromatic carbocycles. The Labute approximate surface area is 161 Å². The van der Waals surface area contributed by atoms with Gasteiger partial charge >= 0.3 is 12.0 Å². The third kappa shape index (κ3) is 4.09. The van der Waals surface area contributed by atoms with E-state index >= 15 is 0 Å². The van der Waals surface area contributed by atoms with Crippen LogP contribution in [0.2, 0.25) is 0 Å². The molecule has 4 N–H and O–H groups in total. The summed E-state index contributed by atoms with van der Waals surface area (Å²) in [7, 11) is -3.21. The van der Waals surface area contributed by atoms with Gasteiger partial charge < -0.3 is 21.1 Å². The summed E-state index contributed by atoms with van der Waals surface area (Å²) in [5.74, 6) is 3.49. The van der Waals surface area contributed by atoms with Gasteiger partial charge in [0.25, 0.3) is 16.0 Å². The van der Waals surface area contributed by atoms with Gasteiger partial charge in [0, 0.05) is 0 Å². The van der Waals surface area contributed by atoms with E-state index in [1.807, 2.05) is 0 Å². The topological polar surface area (TPSA) is 176 Å². The normalized spacial score (nSPS) is 11.8. The maximum atomic E-state index is 13.3. The maximum Gasteiger partial charge on any atom is 0.339 e. The zero-order chi connectivity index (χ0) is 20.9. The number of rotatable bonds is 6. The number of guanidine groups is 1. The van der Waals surface area contributed by atoms with E-state index in [0.29, 0.717) is 4.31 Å². The SMILES string of the molecule is CCOC(=O)c1ccccc1S(=O)(=O)N(C(N)=NN)c1nc(C)nc(OC)n1. The molecule has 0 bridgehead atoms. The highest BCUT2D eigenvalue weighted by molar-refractivity contribution is 7.93. The molecule has 12 nitrogen and oxygen atoms in total. The number of methoxy groups -OCH3 is 1. The molecule has 0 aliphatic carbocycles. The molecule has 0 saturated carbocycles. The number of carbonyl (C=O) groups is 1. The lowest BCUT2D eigenvalue weighted by Crippen LogP contribution is -2.44. The van der Waals surface area contributed by atoms with E-state index in [4.69, 9.17) is 21.1 Å². The summed E-state index contributed by atoms with van der Waals surface area (Å²) in [6, 6.07) is 5.29. The fourth-order valence-electron chi connectivity index (χ4n) is 2.18. The minimum atomic E-state index is -4.51. The fraction of sp³-hybridized carbons (Fsp3) is 0.267. The average Bonchev–Trinajstić information content (AvgIpc) is 2.67. The summed E-state index contributed by atoms with van der Waals surface area (Å²) in [6.07, 6.45) is 0. The number of hydrogen-bond acceptors (Lipinski definition) is 10. The number of hydrazone groups is 1. The van der Waals surface area contributed by atoms with Gasteiger partial charge in [-0.2, -0.15) is 19.3 Å². The zero-order valence-corrected chi connectivity index (χ0v) is 16.2. The van der Waals surface area contributed by atoms with Gasteiger partial charge in [-0.05, 0) is 26.0 Å². The van der Waals surface area contributed by atoms with Crippen LogP contribution in [-0.2, 0) is 14.8 Å². The second-order valence-corrected chi connectivity index (χ2v) is 6.90. The van der Waals surface area contributed by atoms with Gasteiger partial charge in [-0.15, -0.1) is 5.10 Å². The highest BCUT2D eigenvalue weighted by Gasteiger charge is 2.34. The number of benzene rings is 1. The van der Waals surface area contributed by atoms with Crippen LogP contribution in [0, 0.1) is 6.92 Å². The number of nitrogens with zero attached hydrogens (tertiary/aromatic N) is 5. The Bertz CT molecular complexity index is 1010. The van der Waals surface area contributed by atoms with E-state index in [9.17, 15) is 13.2 Å². The summed E-state index contributed by atoms with van der Waals surface area (Å²) in [5.41, 5.74) is 5.52. The van der Waals surface area contributed by atoms with Crippen molar-refractivity contribution in [1.29, 1.82) is 0 Å². The Morgan fingerprint density at radius 1 is 1.25 bits per heavy atom. The molecule has 0 spiro atoms. The average molecular weight is 409 g/mol. The van der Waals surface area contributed by atoms with Crippen LogP contribution in [0.5, 0.6) is 6.01 Å². The summed E-state index contributed by atoms with van der Waals surface area (Å²) in [6.45, 7) is 3.16. The van der Waals surface area contributed by atoms with E-state index in [1.54, 1.807) is 6.92 Å². The highest BCUT2D eigenvalue weighted by Crippen LogP contribution is 2.25. The highest BCUT2D eigenvalue weighted by atomic mass is 32.2. The molecule has 0 fully saturated rings. The minimum absolute atomic E-state index is 0.0627. The quantitative estimate of drug-likeness (QED) is 0.213. The molecule has 0 unspecified atom stereocenters. The third-order valence-corrected chi connectivity index (χ3v) is 5.06. The van der Waals surface area contributed by atoms with Crippen molar-refractivity contribution in [3.63, 3.8) is 0 Å². The Hall–Kier alpha value is -3.48. The van der Waals surface area contributed by atoms with Crippen LogP contribution in [0.15, 0.2) is 34.3 Å². The van der Waals surface area contributed by atoms with E-state index in [1.165, 1.54) is 38.3 Å². The lowest BCUT2D eigenvalue weighted by Gasteiger charge is -2.22. The summed E-state index contributed by atoms with van der Waals surface area (Å²) < 4.78 is 37.0.